The van der Waals surface area contributed by atoms with Gasteiger partial charge in [-0.3, -0.25) is 0 Å². The van der Waals surface area contributed by atoms with Crippen molar-refractivity contribution in [3.63, 3.8) is 0 Å². The number of nitrogens with zero attached hydrogens (tertiary/aromatic N) is 2. The predicted molar refractivity (Wildman–Crippen MR) is 95.1 cm³/mol. The fourth-order valence-electron chi connectivity index (χ4n) is 3.18. The van der Waals surface area contributed by atoms with Crippen LogP contribution in [0.4, 0.5) is 5.82 Å². The second-order valence-corrected chi connectivity index (χ2v) is 6.35. The first-order valence-corrected chi connectivity index (χ1v) is 8.57. The van der Waals surface area contributed by atoms with Gasteiger partial charge >= 0.3 is 0 Å². The molecule has 0 unspecified atom stereocenters. The number of hydrogen-bond donors (Lipinski definition) is 1. The van der Waals surface area contributed by atoms with Crippen molar-refractivity contribution in [2.75, 3.05) is 19.5 Å². The van der Waals surface area contributed by atoms with Crippen molar-refractivity contribution in [2.45, 2.75) is 38.1 Å². The van der Waals surface area contributed by atoms with E-state index in [-0.39, 0.29) is 0 Å². The van der Waals surface area contributed by atoms with Gasteiger partial charge in [0.1, 0.15) is 17.3 Å². The molecule has 1 fully saturated rings. The van der Waals surface area contributed by atoms with Crippen molar-refractivity contribution in [2.24, 2.45) is 0 Å². The van der Waals surface area contributed by atoms with E-state index >= 15 is 0 Å². The van der Waals surface area contributed by atoms with Gasteiger partial charge in [0.05, 0.1) is 14.2 Å². The van der Waals surface area contributed by atoms with E-state index in [1.54, 1.807) is 14.2 Å². The van der Waals surface area contributed by atoms with Gasteiger partial charge in [0.25, 0.3) is 0 Å². The third-order valence-corrected chi connectivity index (χ3v) is 4.82. The number of nitrogens with one attached hydrogen (secondary N) is 1. The molecule has 0 bridgehead atoms. The monoisotopic (exact) mass is 347 g/mol. The lowest BCUT2D eigenvalue weighted by atomic mass is 10.00. The number of halogens is 1. The van der Waals surface area contributed by atoms with E-state index in [4.69, 9.17) is 21.1 Å². The van der Waals surface area contributed by atoms with Gasteiger partial charge < -0.3 is 14.8 Å². The number of hydrogen-bond acceptors (Lipinski definition) is 5. The van der Waals surface area contributed by atoms with Crippen molar-refractivity contribution in [1.82, 2.24) is 10.2 Å². The zero-order chi connectivity index (χ0) is 16.9. The molecule has 0 aliphatic heterocycles. The van der Waals surface area contributed by atoms with Crippen LogP contribution in [-0.2, 0) is 6.54 Å². The molecule has 3 rings (SSSR count). The minimum atomic E-state index is 0.504. The first kappa shape index (κ1) is 16.8. The molecule has 1 heterocycles. The Labute approximate surface area is 147 Å². The summed E-state index contributed by atoms with van der Waals surface area (Å²) in [5.41, 5.74) is 2.13. The smallest absolute Gasteiger partial charge is 0.155 e. The van der Waals surface area contributed by atoms with Crippen molar-refractivity contribution in [1.29, 1.82) is 0 Å². The molecule has 1 N–H and O–H groups in total. The molecule has 2 aromatic rings. The molecule has 1 aliphatic rings. The molecule has 0 saturated heterocycles. The summed E-state index contributed by atoms with van der Waals surface area (Å²) in [4.78, 5) is 0. The van der Waals surface area contributed by atoms with Gasteiger partial charge in [-0.05, 0) is 42.5 Å². The Kier molecular flexibility index (Phi) is 5.41. The number of ether oxygens (including phenoxy) is 2. The van der Waals surface area contributed by atoms with E-state index < -0.39 is 0 Å². The summed E-state index contributed by atoms with van der Waals surface area (Å²) in [7, 11) is 3.29. The summed E-state index contributed by atoms with van der Waals surface area (Å²) in [6.07, 6.45) is 4.87. The van der Waals surface area contributed by atoms with Crippen molar-refractivity contribution in [3.8, 4) is 11.5 Å². The van der Waals surface area contributed by atoms with Crippen LogP contribution in [0.1, 0.15) is 42.7 Å². The van der Waals surface area contributed by atoms with Crippen LogP contribution in [0, 0.1) is 0 Å². The highest BCUT2D eigenvalue weighted by Gasteiger charge is 2.21. The lowest BCUT2D eigenvalue weighted by molar-refractivity contribution is 0.391. The van der Waals surface area contributed by atoms with Gasteiger partial charge in [-0.1, -0.05) is 24.4 Å². The molecule has 0 spiro atoms. The number of methoxy groups -OCH3 is 2. The van der Waals surface area contributed by atoms with Crippen LogP contribution in [0.5, 0.6) is 11.5 Å². The standard InChI is InChI=1S/C18H22ClN3O2/c1-23-14-8-7-13(16(9-14)24-2)11-20-17-10-15(18(19)22-21-17)12-5-3-4-6-12/h7-10,12H,3-6,11H2,1-2H3,(H,20,21). The number of anilines is 1. The van der Waals surface area contributed by atoms with Crippen LogP contribution < -0.4 is 14.8 Å². The van der Waals surface area contributed by atoms with Crippen molar-refractivity contribution >= 4 is 17.4 Å². The van der Waals surface area contributed by atoms with E-state index in [0.29, 0.717) is 17.6 Å². The topological polar surface area (TPSA) is 56.3 Å². The largest absolute Gasteiger partial charge is 0.497 e. The van der Waals surface area contributed by atoms with Gasteiger partial charge in [0.2, 0.25) is 0 Å². The molecule has 6 heteroatoms. The average molecular weight is 348 g/mol. The SMILES string of the molecule is COc1ccc(CNc2cc(C3CCCC3)c(Cl)nn2)c(OC)c1. The molecule has 0 amide bonds. The molecule has 1 aromatic carbocycles. The van der Waals surface area contributed by atoms with Crippen LogP contribution in [0.15, 0.2) is 24.3 Å². The highest BCUT2D eigenvalue weighted by Crippen LogP contribution is 2.37. The second kappa shape index (κ2) is 7.71. The molecule has 128 valence electrons. The molecule has 1 aliphatic carbocycles. The summed E-state index contributed by atoms with van der Waals surface area (Å²) >= 11 is 6.24. The first-order chi connectivity index (χ1) is 11.7. The van der Waals surface area contributed by atoms with Crippen LogP contribution >= 0.6 is 11.6 Å². The Balaban J connectivity index is 1.74. The Hall–Kier alpha value is -2.01. The minimum Gasteiger partial charge on any atom is -0.497 e. The van der Waals surface area contributed by atoms with E-state index in [1.165, 1.54) is 25.7 Å². The lowest BCUT2D eigenvalue weighted by Crippen LogP contribution is -2.06. The molecule has 0 radical (unpaired) electrons. The summed E-state index contributed by atoms with van der Waals surface area (Å²) in [5, 5.41) is 12.1. The third kappa shape index (κ3) is 3.73. The summed E-state index contributed by atoms with van der Waals surface area (Å²) in [6, 6.07) is 7.79. The second-order valence-electron chi connectivity index (χ2n) is 5.99. The molecule has 0 atom stereocenters. The van der Waals surface area contributed by atoms with E-state index in [1.807, 2.05) is 24.3 Å². The number of aromatic nitrogens is 2. The van der Waals surface area contributed by atoms with Gasteiger partial charge in [-0.15, -0.1) is 10.2 Å². The Bertz CT molecular complexity index is 703. The van der Waals surface area contributed by atoms with Crippen LogP contribution in [0.25, 0.3) is 0 Å². The normalized spacial score (nSPS) is 14.6. The van der Waals surface area contributed by atoms with Crippen LogP contribution in [0.2, 0.25) is 5.15 Å². The molecule has 1 saturated carbocycles. The van der Waals surface area contributed by atoms with Crippen molar-refractivity contribution in [3.05, 3.63) is 40.5 Å². The quantitative estimate of drug-likeness (QED) is 0.838. The van der Waals surface area contributed by atoms with Gasteiger partial charge in [-0.2, -0.15) is 0 Å². The fraction of sp³-hybridized carbons (Fsp3) is 0.444. The third-order valence-electron chi connectivity index (χ3n) is 4.53. The molecular formula is C18H22ClN3O2. The fourth-order valence-corrected chi connectivity index (χ4v) is 3.43. The highest BCUT2D eigenvalue weighted by atomic mass is 35.5. The maximum atomic E-state index is 6.24. The van der Waals surface area contributed by atoms with Gasteiger partial charge in [0.15, 0.2) is 5.15 Å². The average Bonchev–Trinajstić information content (AvgIpc) is 3.15. The Morgan fingerprint density at radius 3 is 2.62 bits per heavy atom. The van der Waals surface area contributed by atoms with E-state index in [9.17, 15) is 0 Å². The van der Waals surface area contributed by atoms with Crippen molar-refractivity contribution < 1.29 is 9.47 Å². The van der Waals surface area contributed by atoms with Gasteiger partial charge in [-0.25, -0.2) is 0 Å². The summed E-state index contributed by atoms with van der Waals surface area (Å²) in [6.45, 7) is 0.591. The van der Waals surface area contributed by atoms with Crippen LogP contribution in [0.3, 0.4) is 0 Å². The number of rotatable bonds is 6. The Morgan fingerprint density at radius 2 is 1.92 bits per heavy atom. The molecular weight excluding hydrogens is 326 g/mol. The Morgan fingerprint density at radius 1 is 1.12 bits per heavy atom. The van der Waals surface area contributed by atoms with E-state index in [0.717, 1.165) is 28.4 Å². The maximum absolute atomic E-state index is 6.24. The minimum absolute atomic E-state index is 0.504. The zero-order valence-electron chi connectivity index (χ0n) is 14.0. The van der Waals surface area contributed by atoms with Crippen LogP contribution in [-0.4, -0.2) is 24.4 Å². The first-order valence-electron chi connectivity index (χ1n) is 8.19. The lowest BCUT2D eigenvalue weighted by Gasteiger charge is -2.14. The summed E-state index contributed by atoms with van der Waals surface area (Å²) in [5.74, 6) is 2.79. The number of benzene rings is 1. The maximum Gasteiger partial charge on any atom is 0.155 e. The van der Waals surface area contributed by atoms with Gasteiger partial charge in [0, 0.05) is 18.2 Å². The highest BCUT2D eigenvalue weighted by molar-refractivity contribution is 6.30. The molecule has 5 nitrogen and oxygen atoms in total. The zero-order valence-corrected chi connectivity index (χ0v) is 14.8. The predicted octanol–water partition coefficient (Wildman–Crippen LogP) is 4.42. The molecule has 1 aromatic heterocycles. The molecule has 24 heavy (non-hydrogen) atoms. The summed E-state index contributed by atoms with van der Waals surface area (Å²) < 4.78 is 10.6. The van der Waals surface area contributed by atoms with E-state index in [2.05, 4.69) is 15.5 Å².